The van der Waals surface area contributed by atoms with Crippen LogP contribution in [0, 0.1) is 0 Å². The van der Waals surface area contributed by atoms with E-state index in [1.165, 1.54) is 33.8 Å². The summed E-state index contributed by atoms with van der Waals surface area (Å²) in [6.45, 7) is 0.570. The van der Waals surface area contributed by atoms with Gasteiger partial charge < -0.3 is 18.9 Å². The van der Waals surface area contributed by atoms with Gasteiger partial charge in [0.1, 0.15) is 16.5 Å². The van der Waals surface area contributed by atoms with E-state index in [1.807, 2.05) is 34.4 Å². The van der Waals surface area contributed by atoms with E-state index in [0.29, 0.717) is 23.6 Å². The minimum Gasteiger partial charge on any atom is -0.497 e. The molecule has 178 valence electrons. The predicted molar refractivity (Wildman–Crippen MR) is 138 cm³/mol. The molecule has 1 aliphatic heterocycles. The molecule has 0 saturated carbocycles. The highest BCUT2D eigenvalue weighted by atomic mass is 32.1. The fourth-order valence-electron chi connectivity index (χ4n) is 5.47. The largest absolute Gasteiger partial charge is 0.497 e. The molecule has 5 nitrogen and oxygen atoms in total. The second kappa shape index (κ2) is 8.93. The average Bonchev–Trinajstić information content (AvgIpc) is 3.50. The Labute approximate surface area is 209 Å². The summed E-state index contributed by atoms with van der Waals surface area (Å²) >= 11 is 1.90. The number of rotatable bonds is 4. The highest BCUT2D eigenvalue weighted by Gasteiger charge is 2.36. The lowest BCUT2D eigenvalue weighted by Crippen LogP contribution is -2.35. The quantitative estimate of drug-likeness (QED) is 0.347. The molecule has 0 N–H and O–H groups in total. The highest BCUT2D eigenvalue weighted by molar-refractivity contribution is 7.15. The number of carbonyl (C=O) groups excluding carboxylic acids is 1. The van der Waals surface area contributed by atoms with Gasteiger partial charge in [0.05, 0.1) is 32.5 Å². The van der Waals surface area contributed by atoms with Crippen LogP contribution in [0.2, 0.25) is 0 Å². The minimum atomic E-state index is -0.213. The second-order valence-corrected chi connectivity index (χ2v) is 10.2. The Kier molecular flexibility index (Phi) is 5.61. The van der Waals surface area contributed by atoms with Crippen LogP contribution in [-0.4, -0.2) is 29.6 Å². The van der Waals surface area contributed by atoms with Crippen LogP contribution in [0.4, 0.5) is 0 Å². The first-order valence-electron chi connectivity index (χ1n) is 12.1. The van der Waals surface area contributed by atoms with Crippen molar-refractivity contribution in [3.05, 3.63) is 99.7 Å². The van der Waals surface area contributed by atoms with Crippen LogP contribution in [0.15, 0.2) is 66.9 Å². The van der Waals surface area contributed by atoms with Gasteiger partial charge in [0.2, 0.25) is 0 Å². The van der Waals surface area contributed by atoms with Gasteiger partial charge in [0.15, 0.2) is 0 Å². The van der Waals surface area contributed by atoms with Crippen LogP contribution in [0.25, 0.3) is 5.00 Å². The fourth-order valence-corrected chi connectivity index (χ4v) is 6.87. The lowest BCUT2D eigenvalue weighted by Gasteiger charge is -2.31. The molecule has 2 aliphatic rings. The summed E-state index contributed by atoms with van der Waals surface area (Å²) < 4.78 is 13.3. The molecule has 6 rings (SSSR count). The van der Waals surface area contributed by atoms with Crippen molar-refractivity contribution in [3.63, 3.8) is 0 Å². The molecule has 2 aromatic heterocycles. The number of aryl methyl sites for hydroxylation is 1. The van der Waals surface area contributed by atoms with Crippen molar-refractivity contribution in [3.8, 4) is 16.5 Å². The molecular weight excluding hydrogens is 456 g/mol. The Balaban J connectivity index is 1.55. The molecule has 3 heterocycles. The minimum absolute atomic E-state index is 0.0348. The van der Waals surface area contributed by atoms with Crippen LogP contribution < -0.4 is 9.47 Å². The third-order valence-electron chi connectivity index (χ3n) is 7.15. The van der Waals surface area contributed by atoms with E-state index in [2.05, 4.69) is 35.0 Å². The smallest absolute Gasteiger partial charge is 0.255 e. The zero-order chi connectivity index (χ0) is 23.9. The second-order valence-electron chi connectivity index (χ2n) is 9.15. The number of hydrogen-bond acceptors (Lipinski definition) is 4. The van der Waals surface area contributed by atoms with E-state index >= 15 is 0 Å². The molecule has 1 aliphatic carbocycles. The van der Waals surface area contributed by atoms with E-state index in [9.17, 15) is 4.79 Å². The van der Waals surface area contributed by atoms with E-state index < -0.39 is 0 Å². The van der Waals surface area contributed by atoms with E-state index in [0.717, 1.165) is 24.1 Å². The first-order valence-corrected chi connectivity index (χ1v) is 12.9. The van der Waals surface area contributed by atoms with Crippen molar-refractivity contribution < 1.29 is 14.3 Å². The van der Waals surface area contributed by atoms with Crippen LogP contribution in [-0.2, 0) is 19.4 Å². The van der Waals surface area contributed by atoms with Gasteiger partial charge in [-0.25, -0.2) is 0 Å². The Morgan fingerprint density at radius 3 is 2.40 bits per heavy atom. The number of hydrogen-bond donors (Lipinski definition) is 0. The summed E-state index contributed by atoms with van der Waals surface area (Å²) in [5.74, 6) is 1.18. The predicted octanol–water partition coefficient (Wildman–Crippen LogP) is 6.18. The average molecular weight is 485 g/mol. The van der Waals surface area contributed by atoms with Gasteiger partial charge in [0.25, 0.3) is 5.91 Å². The van der Waals surface area contributed by atoms with Crippen molar-refractivity contribution in [1.82, 2.24) is 9.47 Å². The van der Waals surface area contributed by atoms with Crippen LogP contribution in [0.3, 0.4) is 0 Å². The number of benzene rings is 2. The van der Waals surface area contributed by atoms with Gasteiger partial charge in [0, 0.05) is 28.3 Å². The van der Waals surface area contributed by atoms with E-state index in [4.69, 9.17) is 9.47 Å². The molecule has 0 spiro atoms. The first kappa shape index (κ1) is 22.0. The number of nitrogens with zero attached hydrogens (tertiary/aromatic N) is 2. The van der Waals surface area contributed by atoms with E-state index in [-0.39, 0.29) is 11.9 Å². The maximum atomic E-state index is 14.3. The molecule has 0 unspecified atom stereocenters. The van der Waals surface area contributed by atoms with Crippen molar-refractivity contribution in [2.75, 3.05) is 14.2 Å². The fraction of sp³-hybridized carbons (Fsp3) is 0.276. The van der Waals surface area contributed by atoms with Crippen LogP contribution >= 0.6 is 11.3 Å². The number of carbonyl (C=O) groups is 1. The summed E-state index contributed by atoms with van der Waals surface area (Å²) in [5, 5.41) is 1.26. The summed E-state index contributed by atoms with van der Waals surface area (Å²) in [5.41, 5.74) is 5.51. The molecule has 0 saturated heterocycles. The van der Waals surface area contributed by atoms with Gasteiger partial charge in [-0.3, -0.25) is 4.79 Å². The van der Waals surface area contributed by atoms with Gasteiger partial charge in [-0.05, 0) is 61.1 Å². The van der Waals surface area contributed by atoms with Gasteiger partial charge in [-0.15, -0.1) is 11.3 Å². The molecule has 6 heteroatoms. The Bertz CT molecular complexity index is 1370. The van der Waals surface area contributed by atoms with Gasteiger partial charge in [-0.1, -0.05) is 30.3 Å². The molecule has 0 bridgehead atoms. The zero-order valence-corrected chi connectivity index (χ0v) is 20.8. The third kappa shape index (κ3) is 3.73. The Morgan fingerprint density at radius 2 is 1.66 bits per heavy atom. The summed E-state index contributed by atoms with van der Waals surface area (Å²) in [6, 6.07) is 19.8. The lowest BCUT2D eigenvalue weighted by molar-refractivity contribution is 0.0690. The number of ether oxygens (including phenoxy) is 2. The maximum absolute atomic E-state index is 14.3. The van der Waals surface area contributed by atoms with Gasteiger partial charge in [-0.2, -0.15) is 0 Å². The van der Waals surface area contributed by atoms with Crippen LogP contribution in [0.1, 0.15) is 56.5 Å². The SMILES string of the molecule is COc1cc(OC)cc(C(=O)N2Cc3c(sc4c3CCCC4)-n3cccc3[C@@H]2c2ccccc2)c1. The molecule has 35 heavy (non-hydrogen) atoms. The van der Waals surface area contributed by atoms with Crippen molar-refractivity contribution in [2.24, 2.45) is 0 Å². The monoisotopic (exact) mass is 484 g/mol. The molecule has 0 fully saturated rings. The Hall–Kier alpha value is -3.51. The summed E-state index contributed by atoms with van der Waals surface area (Å²) in [6.07, 6.45) is 6.81. The van der Waals surface area contributed by atoms with Gasteiger partial charge >= 0.3 is 0 Å². The number of amides is 1. The number of fused-ring (bicyclic) bond motifs is 5. The molecule has 4 aromatic rings. The standard InChI is InChI=1S/C29H28N2O3S/c1-33-21-15-20(16-22(17-21)34-2)28(32)31-18-24-23-11-6-7-13-26(23)35-29(24)30-14-8-12-25(30)27(31)19-9-4-3-5-10-19/h3-5,8-10,12,14-17,27H,6-7,11,13,18H2,1-2H3/t27-/m0/s1. The summed E-state index contributed by atoms with van der Waals surface area (Å²) in [4.78, 5) is 17.8. The van der Waals surface area contributed by atoms with Crippen molar-refractivity contribution in [1.29, 1.82) is 0 Å². The van der Waals surface area contributed by atoms with Crippen molar-refractivity contribution in [2.45, 2.75) is 38.3 Å². The summed E-state index contributed by atoms with van der Waals surface area (Å²) in [7, 11) is 3.22. The molecule has 2 aromatic carbocycles. The topological polar surface area (TPSA) is 43.7 Å². The Morgan fingerprint density at radius 1 is 0.914 bits per heavy atom. The highest BCUT2D eigenvalue weighted by Crippen LogP contribution is 2.44. The first-order chi connectivity index (χ1) is 17.2. The molecule has 0 radical (unpaired) electrons. The molecule has 1 amide bonds. The van der Waals surface area contributed by atoms with Crippen LogP contribution in [0.5, 0.6) is 11.5 Å². The normalized spacial score (nSPS) is 16.6. The van der Waals surface area contributed by atoms with E-state index in [1.54, 1.807) is 32.4 Å². The third-order valence-corrected chi connectivity index (χ3v) is 8.49. The lowest BCUT2D eigenvalue weighted by atomic mass is 9.94. The molecule has 1 atom stereocenters. The molecular formula is C29H28N2O3S. The number of thiophene rings is 1. The maximum Gasteiger partial charge on any atom is 0.255 e. The zero-order valence-electron chi connectivity index (χ0n) is 20.0. The number of aromatic nitrogens is 1. The number of methoxy groups -OCH3 is 2. The van der Waals surface area contributed by atoms with Crippen molar-refractivity contribution >= 4 is 17.2 Å².